The summed E-state index contributed by atoms with van der Waals surface area (Å²) in [6.45, 7) is 0. The molecular weight excluding hydrogens is 223 g/mol. The summed E-state index contributed by atoms with van der Waals surface area (Å²) in [5, 5.41) is 0. The number of hydrogen-bond acceptors (Lipinski definition) is 2. The van der Waals surface area contributed by atoms with Crippen molar-refractivity contribution in [3.05, 3.63) is 60.7 Å². The zero-order chi connectivity index (χ0) is 12.6. The SMILES string of the molecule is BCCC(Oc1ccccc1)Oc1ccccc1. The maximum absolute atomic E-state index is 5.84. The average molecular weight is 240 g/mol. The third kappa shape index (κ3) is 3.84. The first-order valence-corrected chi connectivity index (χ1v) is 6.32. The van der Waals surface area contributed by atoms with Gasteiger partial charge in [-0.25, -0.2) is 0 Å². The number of benzene rings is 2. The standard InChI is InChI=1S/C15H17BO2/c16-12-11-15(17-13-7-3-1-4-8-13)18-14-9-5-2-6-10-14/h1-10,15H,11-12,16H2. The van der Waals surface area contributed by atoms with E-state index in [1.807, 2.05) is 60.7 Å². The van der Waals surface area contributed by atoms with E-state index in [0.717, 1.165) is 24.2 Å². The Bertz CT molecular complexity index is 403. The summed E-state index contributed by atoms with van der Waals surface area (Å²) in [6, 6.07) is 19.5. The summed E-state index contributed by atoms with van der Waals surface area (Å²) >= 11 is 0. The Morgan fingerprint density at radius 3 is 1.61 bits per heavy atom. The Labute approximate surface area is 109 Å². The van der Waals surface area contributed by atoms with Gasteiger partial charge >= 0.3 is 0 Å². The van der Waals surface area contributed by atoms with Crippen LogP contribution in [0.25, 0.3) is 0 Å². The molecule has 0 saturated carbocycles. The molecule has 0 radical (unpaired) electrons. The largest absolute Gasteiger partial charge is 0.455 e. The van der Waals surface area contributed by atoms with Crippen molar-refractivity contribution in [3.8, 4) is 11.5 Å². The molecule has 0 bridgehead atoms. The van der Waals surface area contributed by atoms with Gasteiger partial charge in [0.2, 0.25) is 6.29 Å². The zero-order valence-electron chi connectivity index (χ0n) is 10.6. The Balaban J connectivity index is 2.00. The first-order chi connectivity index (χ1) is 8.88. The summed E-state index contributed by atoms with van der Waals surface area (Å²) in [4.78, 5) is 0. The van der Waals surface area contributed by atoms with Gasteiger partial charge in [-0.05, 0) is 24.3 Å². The second-order valence-electron chi connectivity index (χ2n) is 4.08. The van der Waals surface area contributed by atoms with Crippen LogP contribution in [-0.4, -0.2) is 14.1 Å². The highest BCUT2D eigenvalue weighted by molar-refractivity contribution is 6.08. The van der Waals surface area contributed by atoms with Crippen LogP contribution in [0.3, 0.4) is 0 Å². The Hall–Kier alpha value is -1.90. The Kier molecular flexibility index (Phi) is 4.71. The predicted octanol–water partition coefficient (Wildman–Crippen LogP) is 2.91. The second-order valence-corrected chi connectivity index (χ2v) is 4.08. The van der Waals surface area contributed by atoms with Gasteiger partial charge in [0.15, 0.2) is 0 Å². The highest BCUT2D eigenvalue weighted by atomic mass is 16.7. The molecule has 0 atom stereocenters. The van der Waals surface area contributed by atoms with Crippen molar-refractivity contribution in [2.75, 3.05) is 0 Å². The number of hydrogen-bond donors (Lipinski definition) is 0. The summed E-state index contributed by atoms with van der Waals surface area (Å²) in [6.07, 6.45) is 1.65. The smallest absolute Gasteiger partial charge is 0.240 e. The maximum Gasteiger partial charge on any atom is 0.240 e. The molecule has 0 heterocycles. The Morgan fingerprint density at radius 2 is 1.22 bits per heavy atom. The van der Waals surface area contributed by atoms with Crippen molar-refractivity contribution >= 4 is 7.85 Å². The van der Waals surface area contributed by atoms with E-state index < -0.39 is 0 Å². The van der Waals surface area contributed by atoms with Gasteiger partial charge in [0.05, 0.1) is 0 Å². The molecule has 0 aromatic heterocycles. The second kappa shape index (κ2) is 6.75. The molecule has 3 heteroatoms. The van der Waals surface area contributed by atoms with Crippen molar-refractivity contribution in [2.24, 2.45) is 0 Å². The molecule has 18 heavy (non-hydrogen) atoms. The minimum atomic E-state index is -0.236. The van der Waals surface area contributed by atoms with Crippen molar-refractivity contribution in [1.29, 1.82) is 0 Å². The van der Waals surface area contributed by atoms with Crippen LogP contribution in [0.15, 0.2) is 60.7 Å². The normalized spacial score (nSPS) is 10.3. The molecule has 2 aromatic carbocycles. The van der Waals surface area contributed by atoms with Gasteiger partial charge in [0.25, 0.3) is 0 Å². The van der Waals surface area contributed by atoms with E-state index in [2.05, 4.69) is 7.85 Å². The summed E-state index contributed by atoms with van der Waals surface area (Å²) < 4.78 is 11.7. The number of ether oxygens (including phenoxy) is 2. The van der Waals surface area contributed by atoms with Crippen LogP contribution in [-0.2, 0) is 0 Å². The molecule has 0 amide bonds. The van der Waals surface area contributed by atoms with Gasteiger partial charge in [0, 0.05) is 6.42 Å². The quantitative estimate of drug-likeness (QED) is 0.571. The van der Waals surface area contributed by atoms with Crippen LogP contribution in [0.1, 0.15) is 6.42 Å². The third-order valence-electron chi connectivity index (χ3n) is 2.55. The van der Waals surface area contributed by atoms with Crippen LogP contribution in [0.5, 0.6) is 11.5 Å². The van der Waals surface area contributed by atoms with Gasteiger partial charge in [0.1, 0.15) is 19.3 Å². The average Bonchev–Trinajstić information content (AvgIpc) is 2.41. The highest BCUT2D eigenvalue weighted by Gasteiger charge is 2.10. The van der Waals surface area contributed by atoms with Crippen LogP contribution >= 0.6 is 0 Å². The molecule has 0 aliphatic rings. The van der Waals surface area contributed by atoms with E-state index in [4.69, 9.17) is 9.47 Å². The first kappa shape index (κ1) is 12.6. The Morgan fingerprint density at radius 1 is 0.778 bits per heavy atom. The van der Waals surface area contributed by atoms with E-state index in [1.165, 1.54) is 0 Å². The van der Waals surface area contributed by atoms with Gasteiger partial charge in [-0.15, -0.1) is 0 Å². The lowest BCUT2D eigenvalue weighted by Gasteiger charge is -2.20. The topological polar surface area (TPSA) is 18.5 Å². The molecule has 0 unspecified atom stereocenters. The van der Waals surface area contributed by atoms with E-state index in [-0.39, 0.29) is 6.29 Å². The highest BCUT2D eigenvalue weighted by Crippen LogP contribution is 2.17. The van der Waals surface area contributed by atoms with Crippen molar-refractivity contribution in [2.45, 2.75) is 19.0 Å². The molecule has 92 valence electrons. The van der Waals surface area contributed by atoms with E-state index in [0.29, 0.717) is 0 Å². The monoisotopic (exact) mass is 240 g/mol. The fraction of sp³-hybridized carbons (Fsp3) is 0.200. The number of rotatable bonds is 6. The minimum Gasteiger partial charge on any atom is -0.455 e. The summed E-state index contributed by atoms with van der Waals surface area (Å²) in [5.74, 6) is 1.68. The minimum absolute atomic E-state index is 0.236. The number of para-hydroxylation sites is 2. The van der Waals surface area contributed by atoms with Crippen LogP contribution in [0, 0.1) is 0 Å². The molecule has 2 nitrogen and oxygen atoms in total. The zero-order valence-corrected chi connectivity index (χ0v) is 10.6. The lowest BCUT2D eigenvalue weighted by Crippen LogP contribution is -2.23. The van der Waals surface area contributed by atoms with E-state index >= 15 is 0 Å². The molecule has 0 spiro atoms. The molecule has 0 aliphatic heterocycles. The van der Waals surface area contributed by atoms with Crippen LogP contribution < -0.4 is 9.47 Å². The van der Waals surface area contributed by atoms with Gasteiger partial charge in [-0.2, -0.15) is 0 Å². The third-order valence-corrected chi connectivity index (χ3v) is 2.55. The molecule has 0 N–H and O–H groups in total. The molecule has 0 saturated heterocycles. The van der Waals surface area contributed by atoms with E-state index in [1.54, 1.807) is 0 Å². The lowest BCUT2D eigenvalue weighted by atomic mass is 10.0. The lowest BCUT2D eigenvalue weighted by molar-refractivity contribution is 0.00347. The molecule has 0 fully saturated rings. The molecule has 0 aliphatic carbocycles. The summed E-state index contributed by atoms with van der Waals surface area (Å²) in [5.41, 5.74) is 0. The summed E-state index contributed by atoms with van der Waals surface area (Å²) in [7, 11) is 2.12. The predicted molar refractivity (Wildman–Crippen MR) is 75.9 cm³/mol. The molecule has 2 rings (SSSR count). The van der Waals surface area contributed by atoms with Crippen molar-refractivity contribution in [1.82, 2.24) is 0 Å². The van der Waals surface area contributed by atoms with Gasteiger partial charge in [-0.1, -0.05) is 42.7 Å². The van der Waals surface area contributed by atoms with Gasteiger partial charge in [-0.3, -0.25) is 0 Å². The van der Waals surface area contributed by atoms with E-state index in [9.17, 15) is 0 Å². The fourth-order valence-electron chi connectivity index (χ4n) is 1.68. The fourth-order valence-corrected chi connectivity index (χ4v) is 1.68. The maximum atomic E-state index is 5.84. The molecule has 2 aromatic rings. The van der Waals surface area contributed by atoms with Crippen molar-refractivity contribution < 1.29 is 9.47 Å². The molecular formula is C15H17BO2. The van der Waals surface area contributed by atoms with Crippen molar-refractivity contribution in [3.63, 3.8) is 0 Å². The van der Waals surface area contributed by atoms with Crippen LogP contribution in [0.4, 0.5) is 0 Å². The van der Waals surface area contributed by atoms with Crippen LogP contribution in [0.2, 0.25) is 6.32 Å². The first-order valence-electron chi connectivity index (χ1n) is 6.32. The van der Waals surface area contributed by atoms with Gasteiger partial charge < -0.3 is 9.47 Å².